The van der Waals surface area contributed by atoms with Gasteiger partial charge in [-0.15, -0.1) is 0 Å². The van der Waals surface area contributed by atoms with Gasteiger partial charge in [-0.05, 0) is 18.2 Å². The van der Waals surface area contributed by atoms with Crippen molar-refractivity contribution in [2.24, 2.45) is 0 Å². The van der Waals surface area contributed by atoms with E-state index in [1.165, 1.54) is 18.2 Å². The number of hydrogen-bond acceptors (Lipinski definition) is 6. The van der Waals surface area contributed by atoms with E-state index in [1.807, 2.05) is 4.90 Å². The van der Waals surface area contributed by atoms with Gasteiger partial charge in [0.05, 0.1) is 30.4 Å². The van der Waals surface area contributed by atoms with E-state index in [9.17, 15) is 23.1 Å². The summed E-state index contributed by atoms with van der Waals surface area (Å²) in [6.45, 7) is 2.38. The topological polar surface area (TPSA) is 75.6 Å². The smallest absolute Gasteiger partial charge is 0.199 e. The first kappa shape index (κ1) is 18.2. The number of rotatable bonds is 3. The maximum Gasteiger partial charge on any atom is 0.199 e. The Labute approximate surface area is 157 Å². The first-order valence-electron chi connectivity index (χ1n) is 8.46. The van der Waals surface area contributed by atoms with Crippen LogP contribution < -0.4 is 4.90 Å². The Bertz CT molecular complexity index is 1060. The largest absolute Gasteiger partial charge is 0.505 e. The summed E-state index contributed by atoms with van der Waals surface area (Å²) in [4.78, 5) is 23.3. The van der Waals surface area contributed by atoms with Crippen molar-refractivity contribution >= 4 is 22.6 Å². The van der Waals surface area contributed by atoms with Crippen molar-refractivity contribution in [1.82, 2.24) is 9.97 Å². The number of fused-ring (bicyclic) bond motifs is 1. The van der Waals surface area contributed by atoms with E-state index in [4.69, 9.17) is 4.74 Å². The number of aromatic nitrogens is 2. The number of hydrogen-bond donors (Lipinski definition) is 1. The number of halogens is 3. The number of carbonyl (C=O) groups excluding carboxylic acids is 1. The van der Waals surface area contributed by atoms with Crippen molar-refractivity contribution in [1.29, 1.82) is 0 Å². The van der Waals surface area contributed by atoms with Crippen LogP contribution in [0.25, 0.3) is 11.0 Å². The second-order valence-electron chi connectivity index (χ2n) is 6.24. The van der Waals surface area contributed by atoms with Gasteiger partial charge in [-0.25, -0.2) is 18.2 Å². The molecule has 2 heterocycles. The highest BCUT2D eigenvalue weighted by Crippen LogP contribution is 2.28. The van der Waals surface area contributed by atoms with Crippen molar-refractivity contribution in [3.8, 4) is 5.75 Å². The predicted molar refractivity (Wildman–Crippen MR) is 94.0 cm³/mol. The molecule has 0 radical (unpaired) electrons. The third-order valence-electron chi connectivity index (χ3n) is 4.49. The average Bonchev–Trinajstić information content (AvgIpc) is 2.72. The predicted octanol–water partition coefficient (Wildman–Crippen LogP) is 2.82. The first-order valence-corrected chi connectivity index (χ1v) is 8.46. The number of nitrogens with zero attached hydrogens (tertiary/aromatic N) is 3. The highest BCUT2D eigenvalue weighted by molar-refractivity contribution is 6.10. The van der Waals surface area contributed by atoms with Gasteiger partial charge in [-0.1, -0.05) is 0 Å². The highest BCUT2D eigenvalue weighted by atomic mass is 19.2. The lowest BCUT2D eigenvalue weighted by molar-refractivity contribution is 0.102. The van der Waals surface area contributed by atoms with Crippen LogP contribution in [0, 0.1) is 17.5 Å². The SMILES string of the molecule is O=C(c1ccc2ncc(N3CCOCC3)nc2c1)c1c(F)c(O)cc(F)c1F. The van der Waals surface area contributed by atoms with Crippen LogP contribution in [-0.2, 0) is 4.74 Å². The van der Waals surface area contributed by atoms with Crippen LogP contribution in [0.1, 0.15) is 15.9 Å². The van der Waals surface area contributed by atoms with E-state index in [1.54, 1.807) is 6.20 Å². The molecular formula is C19H14F3N3O3. The number of ketones is 1. The molecule has 1 fully saturated rings. The fourth-order valence-corrected chi connectivity index (χ4v) is 3.02. The van der Waals surface area contributed by atoms with Gasteiger partial charge in [0.1, 0.15) is 11.4 Å². The average molecular weight is 389 g/mol. The summed E-state index contributed by atoms with van der Waals surface area (Å²) in [5.41, 5.74) is -0.439. The van der Waals surface area contributed by atoms with Gasteiger partial charge in [0.25, 0.3) is 0 Å². The molecule has 9 heteroatoms. The van der Waals surface area contributed by atoms with E-state index >= 15 is 0 Å². The monoisotopic (exact) mass is 389 g/mol. The highest BCUT2D eigenvalue weighted by Gasteiger charge is 2.25. The molecule has 2 aromatic carbocycles. The van der Waals surface area contributed by atoms with Crippen LogP contribution in [-0.4, -0.2) is 47.2 Å². The van der Waals surface area contributed by atoms with Crippen LogP contribution in [0.3, 0.4) is 0 Å². The summed E-state index contributed by atoms with van der Waals surface area (Å²) < 4.78 is 46.9. The Kier molecular flexibility index (Phi) is 4.60. The first-order chi connectivity index (χ1) is 13.5. The molecule has 0 aliphatic carbocycles. The van der Waals surface area contributed by atoms with Gasteiger partial charge in [0.2, 0.25) is 0 Å². The van der Waals surface area contributed by atoms with Crippen molar-refractivity contribution < 1.29 is 27.8 Å². The number of aromatic hydroxyl groups is 1. The Hall–Kier alpha value is -3.20. The minimum absolute atomic E-state index is 0.108. The molecule has 0 bridgehead atoms. The maximum atomic E-state index is 14.1. The molecule has 3 aromatic rings. The molecule has 144 valence electrons. The minimum Gasteiger partial charge on any atom is -0.505 e. The molecule has 6 nitrogen and oxygen atoms in total. The molecule has 0 amide bonds. The van der Waals surface area contributed by atoms with Crippen LogP contribution >= 0.6 is 0 Å². The van der Waals surface area contributed by atoms with E-state index in [0.717, 1.165) is 0 Å². The summed E-state index contributed by atoms with van der Waals surface area (Å²) in [7, 11) is 0. The summed E-state index contributed by atoms with van der Waals surface area (Å²) in [6, 6.07) is 4.40. The molecule has 0 spiro atoms. The number of phenolic OH excluding ortho intramolecular Hbond substituents is 1. The molecule has 0 atom stereocenters. The van der Waals surface area contributed by atoms with Crippen molar-refractivity contribution in [2.75, 3.05) is 31.2 Å². The lowest BCUT2D eigenvalue weighted by Gasteiger charge is -2.27. The van der Waals surface area contributed by atoms with Crippen LogP contribution in [0.2, 0.25) is 0 Å². The Morgan fingerprint density at radius 3 is 2.57 bits per heavy atom. The molecule has 0 saturated carbocycles. The zero-order chi connectivity index (χ0) is 19.8. The van der Waals surface area contributed by atoms with E-state index in [-0.39, 0.29) is 11.6 Å². The van der Waals surface area contributed by atoms with Crippen LogP contribution in [0.15, 0.2) is 30.5 Å². The standard InChI is InChI=1S/C19H14F3N3O3/c20-11-8-14(26)18(22)16(17(11)21)19(27)10-1-2-12-13(7-10)24-15(9-23-12)25-3-5-28-6-4-25/h1-2,7-9,26H,3-6H2. The number of ether oxygens (including phenoxy) is 1. The van der Waals surface area contributed by atoms with Crippen LogP contribution in [0.5, 0.6) is 5.75 Å². The van der Waals surface area contributed by atoms with Crippen molar-refractivity contribution in [2.45, 2.75) is 0 Å². The number of benzene rings is 2. The molecule has 1 aliphatic rings. The molecule has 1 aromatic heterocycles. The quantitative estimate of drug-likeness (QED) is 0.549. The molecule has 28 heavy (non-hydrogen) atoms. The number of carbonyl (C=O) groups is 1. The van der Waals surface area contributed by atoms with Gasteiger partial charge in [0, 0.05) is 24.7 Å². The molecule has 1 N–H and O–H groups in total. The van der Waals surface area contributed by atoms with E-state index in [0.29, 0.717) is 43.2 Å². The number of phenols is 1. The third-order valence-corrected chi connectivity index (χ3v) is 4.49. The molecule has 1 aliphatic heterocycles. The summed E-state index contributed by atoms with van der Waals surface area (Å²) in [5, 5.41) is 9.38. The summed E-state index contributed by atoms with van der Waals surface area (Å²) in [6.07, 6.45) is 1.60. The van der Waals surface area contributed by atoms with Crippen molar-refractivity contribution in [3.63, 3.8) is 0 Å². The van der Waals surface area contributed by atoms with Gasteiger partial charge < -0.3 is 14.7 Å². The fourth-order valence-electron chi connectivity index (χ4n) is 3.02. The summed E-state index contributed by atoms with van der Waals surface area (Å²) >= 11 is 0. The van der Waals surface area contributed by atoms with Crippen molar-refractivity contribution in [3.05, 3.63) is 59.0 Å². The second kappa shape index (κ2) is 7.08. The Balaban J connectivity index is 1.76. The maximum absolute atomic E-state index is 14.1. The normalized spacial score (nSPS) is 14.5. The summed E-state index contributed by atoms with van der Waals surface area (Å²) in [5.74, 6) is -6.35. The molecule has 0 unspecified atom stereocenters. The zero-order valence-corrected chi connectivity index (χ0v) is 14.5. The number of anilines is 1. The fraction of sp³-hybridized carbons (Fsp3) is 0.211. The lowest BCUT2D eigenvalue weighted by atomic mass is 10.0. The van der Waals surface area contributed by atoms with Gasteiger partial charge >= 0.3 is 0 Å². The van der Waals surface area contributed by atoms with Crippen LogP contribution in [0.4, 0.5) is 19.0 Å². The van der Waals surface area contributed by atoms with Gasteiger partial charge in [-0.3, -0.25) is 9.78 Å². The van der Waals surface area contributed by atoms with Gasteiger partial charge in [-0.2, -0.15) is 0 Å². The Morgan fingerprint density at radius 2 is 1.82 bits per heavy atom. The van der Waals surface area contributed by atoms with Gasteiger partial charge in [0.15, 0.2) is 29.0 Å². The van der Waals surface area contributed by atoms with E-state index in [2.05, 4.69) is 9.97 Å². The molecular weight excluding hydrogens is 375 g/mol. The van der Waals surface area contributed by atoms with E-state index < -0.39 is 34.5 Å². The zero-order valence-electron chi connectivity index (χ0n) is 14.5. The lowest BCUT2D eigenvalue weighted by Crippen LogP contribution is -2.36. The Morgan fingerprint density at radius 1 is 1.07 bits per heavy atom. The third kappa shape index (κ3) is 3.13. The molecule has 1 saturated heterocycles. The second-order valence-corrected chi connectivity index (χ2v) is 6.24. The minimum atomic E-state index is -1.66. The molecule has 4 rings (SSSR count). The number of morpholine rings is 1.